The fraction of sp³-hybridized carbons (Fsp3) is 0.857. The quantitative estimate of drug-likeness (QED) is 0.0765. The molecule has 2 aliphatic heterocycles. The number of Topliss-reactive ketones (excluding diaryl/α,β-unsaturated/α-hetero) is 1. The summed E-state index contributed by atoms with van der Waals surface area (Å²) in [5, 5.41) is 21.1. The second kappa shape index (κ2) is 19.1. The normalized spacial score (nSPS) is 30.0. The number of aliphatic hydroxyl groups is 2. The fourth-order valence-electron chi connectivity index (χ4n) is 7.24. The predicted molar refractivity (Wildman–Crippen MR) is 185 cm³/mol. The Morgan fingerprint density at radius 3 is 2.43 bits per heavy atom. The van der Waals surface area contributed by atoms with E-state index < -0.39 is 71.6 Å². The summed E-state index contributed by atoms with van der Waals surface area (Å²) in [7, 11) is 1.57. The van der Waals surface area contributed by atoms with Gasteiger partial charge in [-0.05, 0) is 83.0 Å². The summed E-state index contributed by atoms with van der Waals surface area (Å²) in [5.41, 5.74) is -1.34. The molecule has 14 heteroatoms. The first-order valence-corrected chi connectivity index (χ1v) is 19.3. The van der Waals surface area contributed by atoms with E-state index in [0.29, 0.717) is 64.2 Å². The number of nitrogens with zero attached hydrogens (tertiary/aromatic N) is 1. The van der Waals surface area contributed by atoms with Crippen LogP contribution in [0.3, 0.4) is 0 Å². The third-order valence-corrected chi connectivity index (χ3v) is 11.2. The Morgan fingerprint density at radius 1 is 1.06 bits per heavy atom. The fourth-order valence-corrected chi connectivity index (χ4v) is 7.46. The first-order valence-electron chi connectivity index (χ1n) is 17.7. The van der Waals surface area contributed by atoms with Crippen molar-refractivity contribution in [3.05, 3.63) is 0 Å². The molecule has 280 valence electrons. The van der Waals surface area contributed by atoms with Gasteiger partial charge in [-0.1, -0.05) is 49.8 Å². The van der Waals surface area contributed by atoms with Gasteiger partial charge in [-0.15, -0.1) is 0 Å². The summed E-state index contributed by atoms with van der Waals surface area (Å²) in [6.07, 6.45) is 5.04. The number of likely N-dealkylation sites (tertiary alicyclic amines) is 1. The van der Waals surface area contributed by atoms with Crippen molar-refractivity contribution < 1.29 is 57.9 Å². The monoisotopic (exact) mass is 809 g/mol. The highest BCUT2D eigenvalue weighted by Gasteiger charge is 2.51. The molecule has 49 heavy (non-hydrogen) atoms. The largest absolute Gasteiger partial charge is 0.464 e. The zero-order chi connectivity index (χ0) is 36.4. The van der Waals surface area contributed by atoms with Gasteiger partial charge < -0.3 is 38.8 Å². The second-order valence-corrected chi connectivity index (χ2v) is 14.9. The van der Waals surface area contributed by atoms with E-state index in [1.807, 2.05) is 43.4 Å². The van der Waals surface area contributed by atoms with E-state index in [2.05, 4.69) is 0 Å². The van der Waals surface area contributed by atoms with Crippen molar-refractivity contribution in [2.24, 2.45) is 23.2 Å². The number of alkyl halides is 1. The molecule has 2 saturated heterocycles. The maximum absolute atomic E-state index is 13.4. The molecule has 3 fully saturated rings. The topological polar surface area (TPSA) is 175 Å². The summed E-state index contributed by atoms with van der Waals surface area (Å²) in [4.78, 5) is 66.3. The molecule has 1 aliphatic carbocycles. The van der Waals surface area contributed by atoms with Crippen LogP contribution >= 0.6 is 22.6 Å². The first kappa shape index (κ1) is 41.5. The van der Waals surface area contributed by atoms with Crippen LogP contribution in [-0.2, 0) is 47.7 Å². The molecule has 1 amide bonds. The van der Waals surface area contributed by atoms with Crippen molar-refractivity contribution in [3.8, 4) is 0 Å². The molecule has 5 unspecified atom stereocenters. The van der Waals surface area contributed by atoms with Crippen LogP contribution in [0, 0.1) is 23.2 Å². The van der Waals surface area contributed by atoms with Crippen molar-refractivity contribution in [1.29, 1.82) is 0 Å². The number of ether oxygens (including phenoxy) is 5. The number of halogens is 1. The molecule has 3 rings (SSSR count). The molecular weight excluding hydrogens is 753 g/mol. The molecule has 2 heterocycles. The molecule has 0 bridgehead atoms. The number of rotatable bonds is 16. The minimum absolute atomic E-state index is 0.0451. The maximum Gasteiger partial charge on any atom is 0.329 e. The molecule has 13 nitrogen and oxygen atoms in total. The average Bonchev–Trinajstić information content (AvgIpc) is 3.10. The highest BCUT2D eigenvalue weighted by molar-refractivity contribution is 14.1. The van der Waals surface area contributed by atoms with Gasteiger partial charge in [0.2, 0.25) is 5.79 Å². The summed E-state index contributed by atoms with van der Waals surface area (Å²) < 4.78 is 28.3. The molecule has 0 aromatic carbocycles. The van der Waals surface area contributed by atoms with Crippen LogP contribution in [0.25, 0.3) is 0 Å². The molecule has 0 radical (unpaired) electrons. The molecule has 0 aromatic heterocycles. The molecule has 3 aliphatic rings. The number of hydrogen-bond donors (Lipinski definition) is 2. The third kappa shape index (κ3) is 10.4. The van der Waals surface area contributed by atoms with Crippen molar-refractivity contribution in [2.75, 3.05) is 37.9 Å². The van der Waals surface area contributed by atoms with Crippen LogP contribution in [0.1, 0.15) is 98.3 Å². The van der Waals surface area contributed by atoms with Gasteiger partial charge in [0.15, 0.2) is 0 Å². The van der Waals surface area contributed by atoms with Crippen LogP contribution in [0.2, 0.25) is 0 Å². The number of carbonyl (C=O) groups is 5. The number of esters is 3. The SMILES string of the molecule is CCCC(CO)(COC(=O)CI)C(=O)OC1CC[C@@H](C[C@@H](C)[C@H](C)OC(=O)C2CCCCN2C(=O)C(=O)C2(O)OCCCC2C)C[C@H]1OC. The van der Waals surface area contributed by atoms with E-state index in [1.54, 1.807) is 14.0 Å². The highest BCUT2D eigenvalue weighted by atomic mass is 127. The number of methoxy groups -OCH3 is 1. The second-order valence-electron chi connectivity index (χ2n) is 14.2. The molecule has 2 N–H and O–H groups in total. The van der Waals surface area contributed by atoms with Crippen LogP contribution in [0.4, 0.5) is 0 Å². The van der Waals surface area contributed by atoms with Crippen molar-refractivity contribution >= 4 is 52.2 Å². The van der Waals surface area contributed by atoms with E-state index >= 15 is 0 Å². The van der Waals surface area contributed by atoms with E-state index in [4.69, 9.17) is 23.7 Å². The van der Waals surface area contributed by atoms with E-state index in [1.165, 1.54) is 4.90 Å². The lowest BCUT2D eigenvalue weighted by Gasteiger charge is -2.40. The zero-order valence-corrected chi connectivity index (χ0v) is 31.8. The minimum atomic E-state index is -2.19. The number of amides is 1. The highest BCUT2D eigenvalue weighted by Crippen LogP contribution is 2.36. The van der Waals surface area contributed by atoms with Gasteiger partial charge in [0.05, 0.1) is 23.7 Å². The predicted octanol–water partition coefficient (Wildman–Crippen LogP) is 3.51. The van der Waals surface area contributed by atoms with Gasteiger partial charge in [0.1, 0.15) is 30.3 Å². The van der Waals surface area contributed by atoms with Crippen molar-refractivity contribution in [2.45, 2.75) is 128 Å². The smallest absolute Gasteiger partial charge is 0.329 e. The number of hydrogen-bond acceptors (Lipinski definition) is 12. The Hall–Kier alpha value is -1.88. The number of carbonyl (C=O) groups excluding carboxylic acids is 5. The Kier molecular flexibility index (Phi) is 16.2. The van der Waals surface area contributed by atoms with Crippen LogP contribution in [-0.4, -0.2) is 113 Å². The van der Waals surface area contributed by atoms with Gasteiger partial charge in [-0.3, -0.25) is 19.2 Å². The summed E-state index contributed by atoms with van der Waals surface area (Å²) >= 11 is 1.88. The van der Waals surface area contributed by atoms with Gasteiger partial charge in [0.25, 0.3) is 11.7 Å². The molecule has 1 saturated carbocycles. The van der Waals surface area contributed by atoms with Crippen LogP contribution < -0.4 is 0 Å². The van der Waals surface area contributed by atoms with Crippen LogP contribution in [0.5, 0.6) is 0 Å². The van der Waals surface area contributed by atoms with E-state index in [0.717, 1.165) is 6.42 Å². The third-order valence-electron chi connectivity index (χ3n) is 10.6. The van der Waals surface area contributed by atoms with Crippen molar-refractivity contribution in [1.82, 2.24) is 4.90 Å². The lowest BCUT2D eigenvalue weighted by atomic mass is 9.79. The summed E-state index contributed by atoms with van der Waals surface area (Å²) in [5.74, 6) is -6.19. The molecule has 9 atom stereocenters. The van der Waals surface area contributed by atoms with Gasteiger partial charge in [-0.25, -0.2) is 4.79 Å². The summed E-state index contributed by atoms with van der Waals surface area (Å²) in [6.45, 7) is 7.00. The first-order chi connectivity index (χ1) is 23.3. The lowest BCUT2D eigenvalue weighted by molar-refractivity contribution is -0.241. The van der Waals surface area contributed by atoms with Gasteiger partial charge >= 0.3 is 17.9 Å². The molecular formula is C35H56INO12. The molecule has 0 spiro atoms. The number of ketones is 1. The average molecular weight is 810 g/mol. The lowest BCUT2D eigenvalue weighted by Crippen LogP contribution is -2.59. The number of piperidine rings is 1. The van der Waals surface area contributed by atoms with Crippen molar-refractivity contribution in [3.63, 3.8) is 0 Å². The zero-order valence-electron chi connectivity index (χ0n) is 29.7. The Labute approximate surface area is 303 Å². The Bertz CT molecular complexity index is 1150. The van der Waals surface area contributed by atoms with Gasteiger partial charge in [0, 0.05) is 19.6 Å². The Morgan fingerprint density at radius 2 is 1.80 bits per heavy atom. The maximum atomic E-state index is 13.4. The Balaban J connectivity index is 1.57. The van der Waals surface area contributed by atoms with E-state index in [-0.39, 0.29) is 42.1 Å². The minimum Gasteiger partial charge on any atom is -0.464 e. The van der Waals surface area contributed by atoms with E-state index in [9.17, 15) is 34.2 Å². The van der Waals surface area contributed by atoms with Crippen LogP contribution in [0.15, 0.2) is 0 Å². The summed E-state index contributed by atoms with van der Waals surface area (Å²) in [6, 6.07) is -0.922. The van der Waals surface area contributed by atoms with Gasteiger partial charge in [-0.2, -0.15) is 0 Å². The number of aliphatic hydroxyl groups excluding tert-OH is 1. The standard InChI is InChI=1S/C35H56INO12/c1-6-14-34(20-38,21-46-29(39)19-36)33(43)49-27-13-12-25(18-28(27)45-5)17-22(2)24(4)48-32(42)26-11-7-8-15-37(26)31(41)30(40)35(44)23(3)10-9-16-47-35/h22-28,38,44H,6-21H2,1-5H3/t22-,23?,24+,25+,26?,27?,28-,34?,35?/m1/s1. The molecule has 0 aromatic rings.